The second-order valence-electron chi connectivity index (χ2n) is 2.90. The number of aromatic nitrogens is 3. The number of hydrogen-bond donors (Lipinski definition) is 1. The van der Waals surface area contributed by atoms with Gasteiger partial charge in [-0.2, -0.15) is 4.98 Å². The Hall–Kier alpha value is -1.95. The highest BCUT2D eigenvalue weighted by molar-refractivity contribution is 5.24. The average molecular weight is 206 g/mol. The van der Waals surface area contributed by atoms with Crippen LogP contribution in [0.25, 0.3) is 0 Å². The van der Waals surface area contributed by atoms with E-state index in [9.17, 15) is 0 Å². The molecule has 1 atom stereocenters. The van der Waals surface area contributed by atoms with Gasteiger partial charge in [0, 0.05) is 12.3 Å². The molecule has 0 bridgehead atoms. The van der Waals surface area contributed by atoms with Crippen molar-refractivity contribution in [2.24, 2.45) is 5.73 Å². The lowest BCUT2D eigenvalue weighted by Crippen LogP contribution is -2.13. The Balaban J connectivity index is 2.22. The molecule has 2 aromatic heterocycles. The molecule has 0 saturated heterocycles. The fourth-order valence-electron chi connectivity index (χ4n) is 1.16. The van der Waals surface area contributed by atoms with E-state index < -0.39 is 6.04 Å². The summed E-state index contributed by atoms with van der Waals surface area (Å²) in [6.07, 6.45) is 2.87. The first kappa shape index (κ1) is 9.60. The van der Waals surface area contributed by atoms with E-state index in [4.69, 9.17) is 10.5 Å². The molecule has 0 spiro atoms. The summed E-state index contributed by atoms with van der Waals surface area (Å²) in [5.74, 6) is 0.973. The van der Waals surface area contributed by atoms with E-state index in [1.165, 1.54) is 6.39 Å². The third-order valence-corrected chi connectivity index (χ3v) is 1.98. The maximum atomic E-state index is 5.89. The Kier molecular flexibility index (Phi) is 2.59. The minimum absolute atomic E-state index is 0.429. The molecule has 1 unspecified atom stereocenters. The molecule has 2 rings (SSSR count). The Morgan fingerprint density at radius 2 is 2.27 bits per heavy atom. The fraction of sp³-hybridized carbons (Fsp3) is 0.222. The zero-order valence-electron chi connectivity index (χ0n) is 8.12. The van der Waals surface area contributed by atoms with Crippen LogP contribution < -0.4 is 10.5 Å². The predicted molar refractivity (Wildman–Crippen MR) is 51.1 cm³/mol. The van der Waals surface area contributed by atoms with Crippen LogP contribution in [0.4, 0.5) is 0 Å². The summed E-state index contributed by atoms with van der Waals surface area (Å²) in [4.78, 5) is 7.91. The molecule has 0 amide bonds. The highest BCUT2D eigenvalue weighted by atomic mass is 16.5. The molecule has 6 nitrogen and oxygen atoms in total. The minimum atomic E-state index is -0.429. The van der Waals surface area contributed by atoms with Gasteiger partial charge in [0.1, 0.15) is 0 Å². The smallest absolute Gasteiger partial charge is 0.213 e. The van der Waals surface area contributed by atoms with Gasteiger partial charge in [0.25, 0.3) is 0 Å². The third kappa shape index (κ3) is 1.94. The maximum Gasteiger partial charge on any atom is 0.213 e. The zero-order chi connectivity index (χ0) is 10.7. The summed E-state index contributed by atoms with van der Waals surface area (Å²) in [6, 6.07) is 3.12. The van der Waals surface area contributed by atoms with Crippen LogP contribution in [0.15, 0.2) is 29.2 Å². The molecule has 2 heterocycles. The van der Waals surface area contributed by atoms with E-state index in [0.717, 1.165) is 5.56 Å². The van der Waals surface area contributed by atoms with Crippen molar-refractivity contribution in [3.63, 3.8) is 0 Å². The minimum Gasteiger partial charge on any atom is -0.481 e. The van der Waals surface area contributed by atoms with Crippen LogP contribution in [0.2, 0.25) is 0 Å². The average Bonchev–Trinajstić information content (AvgIpc) is 2.82. The quantitative estimate of drug-likeness (QED) is 0.787. The van der Waals surface area contributed by atoms with Crippen molar-refractivity contribution in [1.29, 1.82) is 0 Å². The van der Waals surface area contributed by atoms with E-state index in [1.807, 2.05) is 6.07 Å². The molecule has 0 aliphatic rings. The van der Waals surface area contributed by atoms with Gasteiger partial charge < -0.3 is 15.0 Å². The van der Waals surface area contributed by atoms with Crippen LogP contribution in [-0.4, -0.2) is 22.2 Å². The van der Waals surface area contributed by atoms with Crippen molar-refractivity contribution in [3.05, 3.63) is 36.1 Å². The normalized spacial score (nSPS) is 12.4. The Bertz CT molecular complexity index is 412. The Morgan fingerprint density at radius 1 is 1.40 bits per heavy atom. The molecule has 2 N–H and O–H groups in total. The summed E-state index contributed by atoms with van der Waals surface area (Å²) in [7, 11) is 1.56. The Labute approximate surface area is 86.1 Å². The maximum absolute atomic E-state index is 5.89. The van der Waals surface area contributed by atoms with Gasteiger partial charge in [0.2, 0.25) is 12.3 Å². The van der Waals surface area contributed by atoms with Gasteiger partial charge in [0.15, 0.2) is 5.82 Å². The van der Waals surface area contributed by atoms with Crippen molar-refractivity contribution >= 4 is 0 Å². The van der Waals surface area contributed by atoms with E-state index in [2.05, 4.69) is 19.6 Å². The number of ether oxygens (including phenoxy) is 1. The summed E-state index contributed by atoms with van der Waals surface area (Å²) in [5, 5.41) is 3.66. The van der Waals surface area contributed by atoms with Crippen LogP contribution in [0.5, 0.6) is 5.88 Å². The molecular weight excluding hydrogens is 196 g/mol. The molecule has 0 aliphatic carbocycles. The van der Waals surface area contributed by atoms with Crippen LogP contribution in [0.1, 0.15) is 17.4 Å². The molecule has 0 saturated carbocycles. The van der Waals surface area contributed by atoms with Gasteiger partial charge in [-0.15, -0.1) is 0 Å². The van der Waals surface area contributed by atoms with Crippen molar-refractivity contribution in [1.82, 2.24) is 15.1 Å². The largest absolute Gasteiger partial charge is 0.481 e. The first-order valence-corrected chi connectivity index (χ1v) is 4.33. The molecule has 78 valence electrons. The van der Waals surface area contributed by atoms with Crippen LogP contribution in [-0.2, 0) is 0 Å². The van der Waals surface area contributed by atoms with Crippen LogP contribution in [0.3, 0.4) is 0 Å². The summed E-state index contributed by atoms with van der Waals surface area (Å²) in [5.41, 5.74) is 6.69. The first-order chi connectivity index (χ1) is 7.31. The number of methoxy groups -OCH3 is 1. The number of nitrogens with zero attached hydrogens (tertiary/aromatic N) is 3. The van der Waals surface area contributed by atoms with Gasteiger partial charge in [-0.25, -0.2) is 4.98 Å². The highest BCUT2D eigenvalue weighted by Crippen LogP contribution is 2.16. The number of hydrogen-bond acceptors (Lipinski definition) is 6. The third-order valence-electron chi connectivity index (χ3n) is 1.98. The first-order valence-electron chi connectivity index (χ1n) is 4.33. The second kappa shape index (κ2) is 4.05. The van der Waals surface area contributed by atoms with Crippen molar-refractivity contribution in [2.75, 3.05) is 7.11 Å². The van der Waals surface area contributed by atoms with E-state index in [-0.39, 0.29) is 0 Å². The summed E-state index contributed by atoms with van der Waals surface area (Å²) in [6.45, 7) is 0. The number of pyridine rings is 1. The lowest BCUT2D eigenvalue weighted by Gasteiger charge is -2.07. The van der Waals surface area contributed by atoms with Gasteiger partial charge in [0.05, 0.1) is 13.2 Å². The van der Waals surface area contributed by atoms with Crippen molar-refractivity contribution in [3.8, 4) is 5.88 Å². The molecule has 0 aromatic carbocycles. The standard InChI is InChI=1S/C9H10N4O2/c1-14-7-3-2-6(4-11-7)8(10)9-12-5-15-13-9/h2-5,8H,10H2,1H3. The molecule has 6 heteroatoms. The molecule has 2 aromatic rings. The summed E-state index contributed by atoms with van der Waals surface area (Å²) >= 11 is 0. The fourth-order valence-corrected chi connectivity index (χ4v) is 1.16. The topological polar surface area (TPSA) is 87.1 Å². The van der Waals surface area contributed by atoms with E-state index in [1.54, 1.807) is 19.4 Å². The van der Waals surface area contributed by atoms with Gasteiger partial charge in [-0.05, 0) is 5.56 Å². The summed E-state index contributed by atoms with van der Waals surface area (Å²) < 4.78 is 9.55. The molecule has 0 aliphatic heterocycles. The van der Waals surface area contributed by atoms with Crippen molar-refractivity contribution < 1.29 is 9.26 Å². The van der Waals surface area contributed by atoms with Crippen molar-refractivity contribution in [2.45, 2.75) is 6.04 Å². The Morgan fingerprint density at radius 3 is 2.80 bits per heavy atom. The number of rotatable bonds is 3. The SMILES string of the molecule is COc1ccc(C(N)c2ncon2)cn1. The van der Waals surface area contributed by atoms with Crippen LogP contribution in [0, 0.1) is 0 Å². The molecule has 0 fully saturated rings. The van der Waals surface area contributed by atoms with Crippen LogP contribution >= 0.6 is 0 Å². The predicted octanol–water partition coefficient (Wildman–Crippen LogP) is 0.521. The van der Waals surface area contributed by atoms with Gasteiger partial charge in [-0.1, -0.05) is 11.2 Å². The number of nitrogens with two attached hydrogens (primary N) is 1. The highest BCUT2D eigenvalue weighted by Gasteiger charge is 2.13. The monoisotopic (exact) mass is 206 g/mol. The second-order valence-corrected chi connectivity index (χ2v) is 2.90. The van der Waals surface area contributed by atoms with Gasteiger partial charge in [-0.3, -0.25) is 0 Å². The lowest BCUT2D eigenvalue weighted by atomic mass is 10.1. The molecule has 15 heavy (non-hydrogen) atoms. The van der Waals surface area contributed by atoms with E-state index in [0.29, 0.717) is 11.7 Å². The lowest BCUT2D eigenvalue weighted by molar-refractivity contribution is 0.397. The van der Waals surface area contributed by atoms with E-state index >= 15 is 0 Å². The molecule has 0 radical (unpaired) electrons. The van der Waals surface area contributed by atoms with Gasteiger partial charge >= 0.3 is 0 Å². The molecular formula is C9H10N4O2. The zero-order valence-corrected chi connectivity index (χ0v) is 8.12.